The van der Waals surface area contributed by atoms with Gasteiger partial charge < -0.3 is 10.4 Å². The lowest BCUT2D eigenvalue weighted by molar-refractivity contribution is -0.137. The Morgan fingerprint density at radius 1 is 1.27 bits per heavy atom. The van der Waals surface area contributed by atoms with Gasteiger partial charge in [0.1, 0.15) is 0 Å². The molecule has 1 aliphatic rings. The summed E-state index contributed by atoms with van der Waals surface area (Å²) >= 11 is 0. The third kappa shape index (κ3) is 5.17. The van der Waals surface area contributed by atoms with Gasteiger partial charge in [-0.15, -0.1) is 0 Å². The molecule has 2 rings (SSSR count). The first-order valence-corrected chi connectivity index (χ1v) is 8.10. The van der Waals surface area contributed by atoms with Crippen LogP contribution in [0.25, 0.3) is 0 Å². The second-order valence-electron chi connectivity index (χ2n) is 6.47. The monoisotopic (exact) mass is 303 g/mol. The maximum atomic E-state index is 12.3. The van der Waals surface area contributed by atoms with Gasteiger partial charge in [0, 0.05) is 6.42 Å². The molecule has 4 nitrogen and oxygen atoms in total. The van der Waals surface area contributed by atoms with E-state index in [0.29, 0.717) is 18.3 Å². The van der Waals surface area contributed by atoms with Crippen LogP contribution in [0.3, 0.4) is 0 Å². The van der Waals surface area contributed by atoms with Gasteiger partial charge in [0.15, 0.2) is 0 Å². The summed E-state index contributed by atoms with van der Waals surface area (Å²) in [6.07, 6.45) is 5.07. The van der Waals surface area contributed by atoms with Crippen molar-refractivity contribution in [2.45, 2.75) is 51.5 Å². The van der Waals surface area contributed by atoms with Crippen molar-refractivity contribution >= 4 is 11.9 Å². The summed E-state index contributed by atoms with van der Waals surface area (Å²) in [5, 5.41) is 12.0. The number of carbonyl (C=O) groups excluding carboxylic acids is 1. The molecule has 1 aliphatic carbocycles. The van der Waals surface area contributed by atoms with Crippen molar-refractivity contribution in [3.05, 3.63) is 35.9 Å². The Balaban J connectivity index is 1.94. The van der Waals surface area contributed by atoms with Crippen LogP contribution in [0.5, 0.6) is 0 Å². The van der Waals surface area contributed by atoms with E-state index < -0.39 is 12.0 Å². The quantitative estimate of drug-likeness (QED) is 0.844. The predicted octanol–water partition coefficient (Wildman–Crippen LogP) is 3.54. The van der Waals surface area contributed by atoms with E-state index in [9.17, 15) is 9.59 Å². The Bertz CT molecular complexity index is 500. The molecule has 1 fully saturated rings. The Kier molecular flexibility index (Phi) is 5.99. The second kappa shape index (κ2) is 7.97. The number of aliphatic carboxylic acids is 1. The van der Waals surface area contributed by atoms with Crippen LogP contribution in [0.2, 0.25) is 0 Å². The largest absolute Gasteiger partial charge is 0.481 e. The van der Waals surface area contributed by atoms with E-state index in [0.717, 1.165) is 18.4 Å². The van der Waals surface area contributed by atoms with Crippen molar-refractivity contribution < 1.29 is 14.7 Å². The van der Waals surface area contributed by atoms with Gasteiger partial charge in [0.25, 0.3) is 0 Å². The Morgan fingerprint density at radius 2 is 2.00 bits per heavy atom. The number of nitrogens with one attached hydrogen (secondary N) is 1. The molecule has 3 atom stereocenters. The lowest BCUT2D eigenvalue weighted by Gasteiger charge is -2.27. The average Bonchev–Trinajstić information content (AvgIpc) is 2.47. The first kappa shape index (κ1) is 16.5. The van der Waals surface area contributed by atoms with Crippen molar-refractivity contribution in [2.24, 2.45) is 11.8 Å². The van der Waals surface area contributed by atoms with Gasteiger partial charge in [-0.3, -0.25) is 9.59 Å². The molecule has 3 unspecified atom stereocenters. The second-order valence-corrected chi connectivity index (χ2v) is 6.47. The van der Waals surface area contributed by atoms with Crippen LogP contribution in [0.4, 0.5) is 0 Å². The standard InChI is InChI=1S/C18H25NO3/c1-13-6-5-7-14(10-13)11-17(20)19-16(12-18(21)22)15-8-3-2-4-9-15/h2-4,8-9,13-14,16H,5-7,10-12H2,1H3,(H,19,20)(H,21,22). The molecule has 2 N–H and O–H groups in total. The third-order valence-electron chi connectivity index (χ3n) is 4.43. The van der Waals surface area contributed by atoms with E-state index >= 15 is 0 Å². The van der Waals surface area contributed by atoms with Crippen molar-refractivity contribution in [1.82, 2.24) is 5.32 Å². The summed E-state index contributed by atoms with van der Waals surface area (Å²) in [6.45, 7) is 2.24. The van der Waals surface area contributed by atoms with Crippen molar-refractivity contribution in [3.8, 4) is 0 Å². The van der Waals surface area contributed by atoms with E-state index in [4.69, 9.17) is 5.11 Å². The van der Waals surface area contributed by atoms with Crippen molar-refractivity contribution in [3.63, 3.8) is 0 Å². The fraction of sp³-hybridized carbons (Fsp3) is 0.556. The molecule has 1 saturated carbocycles. The normalized spacial score (nSPS) is 22.8. The highest BCUT2D eigenvalue weighted by molar-refractivity contribution is 5.78. The van der Waals surface area contributed by atoms with Crippen LogP contribution in [-0.4, -0.2) is 17.0 Å². The molecule has 4 heteroatoms. The topological polar surface area (TPSA) is 66.4 Å². The van der Waals surface area contributed by atoms with E-state index in [1.165, 1.54) is 12.8 Å². The lowest BCUT2D eigenvalue weighted by atomic mass is 9.80. The van der Waals surface area contributed by atoms with Crippen LogP contribution in [0.1, 0.15) is 57.1 Å². The van der Waals surface area contributed by atoms with Gasteiger partial charge in [0.2, 0.25) is 5.91 Å². The van der Waals surface area contributed by atoms with E-state index in [1.807, 2.05) is 30.3 Å². The number of benzene rings is 1. The minimum absolute atomic E-state index is 0.0331. The summed E-state index contributed by atoms with van der Waals surface area (Å²) in [7, 11) is 0. The first-order valence-electron chi connectivity index (χ1n) is 8.10. The number of rotatable bonds is 6. The molecule has 0 spiro atoms. The lowest BCUT2D eigenvalue weighted by Crippen LogP contribution is -2.32. The zero-order valence-corrected chi connectivity index (χ0v) is 13.1. The van der Waals surface area contributed by atoms with Crippen LogP contribution < -0.4 is 5.32 Å². The van der Waals surface area contributed by atoms with E-state index in [2.05, 4.69) is 12.2 Å². The minimum atomic E-state index is -0.902. The molecule has 22 heavy (non-hydrogen) atoms. The highest BCUT2D eigenvalue weighted by Crippen LogP contribution is 2.30. The van der Waals surface area contributed by atoms with Gasteiger partial charge in [-0.05, 0) is 30.2 Å². The molecule has 0 saturated heterocycles. The molecule has 0 radical (unpaired) electrons. The molecule has 1 aromatic rings. The molecule has 0 heterocycles. The first-order chi connectivity index (χ1) is 10.5. The average molecular weight is 303 g/mol. The molecular formula is C18H25NO3. The van der Waals surface area contributed by atoms with Gasteiger partial charge in [-0.2, -0.15) is 0 Å². The summed E-state index contributed by atoms with van der Waals surface area (Å²) in [5.74, 6) is 0.190. The maximum absolute atomic E-state index is 12.3. The van der Waals surface area contributed by atoms with Gasteiger partial charge in [0.05, 0.1) is 12.5 Å². The number of carboxylic acids is 1. The fourth-order valence-corrected chi connectivity index (χ4v) is 3.37. The molecule has 0 aliphatic heterocycles. The van der Waals surface area contributed by atoms with E-state index in [-0.39, 0.29) is 12.3 Å². The summed E-state index contributed by atoms with van der Waals surface area (Å²) in [6, 6.07) is 8.87. The molecular weight excluding hydrogens is 278 g/mol. The van der Waals surface area contributed by atoms with Crippen LogP contribution in [-0.2, 0) is 9.59 Å². The zero-order valence-electron chi connectivity index (χ0n) is 13.1. The number of amides is 1. The summed E-state index contributed by atoms with van der Waals surface area (Å²) < 4.78 is 0. The molecule has 1 amide bonds. The number of carbonyl (C=O) groups is 2. The Labute approximate surface area is 131 Å². The van der Waals surface area contributed by atoms with Gasteiger partial charge in [-0.25, -0.2) is 0 Å². The van der Waals surface area contributed by atoms with Crippen LogP contribution in [0.15, 0.2) is 30.3 Å². The van der Waals surface area contributed by atoms with Crippen LogP contribution >= 0.6 is 0 Å². The van der Waals surface area contributed by atoms with Gasteiger partial charge >= 0.3 is 5.97 Å². The molecule has 0 aromatic heterocycles. The number of carboxylic acid groups (broad SMARTS) is 1. The van der Waals surface area contributed by atoms with Crippen LogP contribution in [0, 0.1) is 11.8 Å². The molecule has 0 bridgehead atoms. The SMILES string of the molecule is CC1CCCC(CC(=O)NC(CC(=O)O)c2ccccc2)C1. The van der Waals surface area contributed by atoms with E-state index in [1.54, 1.807) is 0 Å². The number of hydrogen-bond donors (Lipinski definition) is 2. The third-order valence-corrected chi connectivity index (χ3v) is 4.43. The maximum Gasteiger partial charge on any atom is 0.305 e. The summed E-state index contributed by atoms with van der Waals surface area (Å²) in [5.41, 5.74) is 0.843. The smallest absolute Gasteiger partial charge is 0.305 e. The highest BCUT2D eigenvalue weighted by atomic mass is 16.4. The Morgan fingerprint density at radius 3 is 2.64 bits per heavy atom. The zero-order chi connectivity index (χ0) is 15.9. The highest BCUT2D eigenvalue weighted by Gasteiger charge is 2.23. The molecule has 120 valence electrons. The minimum Gasteiger partial charge on any atom is -0.481 e. The number of hydrogen-bond acceptors (Lipinski definition) is 2. The van der Waals surface area contributed by atoms with Crippen molar-refractivity contribution in [1.29, 1.82) is 0 Å². The Hall–Kier alpha value is -1.84. The summed E-state index contributed by atoms with van der Waals surface area (Å²) in [4.78, 5) is 23.3. The fourth-order valence-electron chi connectivity index (χ4n) is 3.37. The van der Waals surface area contributed by atoms with Gasteiger partial charge in [-0.1, -0.05) is 50.1 Å². The molecule has 1 aromatic carbocycles. The van der Waals surface area contributed by atoms with Crippen molar-refractivity contribution in [2.75, 3.05) is 0 Å². The predicted molar refractivity (Wildman–Crippen MR) is 85.3 cm³/mol.